The van der Waals surface area contributed by atoms with Gasteiger partial charge in [-0.3, -0.25) is 14.4 Å². The minimum Gasteiger partial charge on any atom is -0.465 e. The molecule has 0 spiro atoms. The number of hydrogen-bond acceptors (Lipinski definition) is 7. The maximum absolute atomic E-state index is 13.2. The number of nitrogens with zero attached hydrogens (tertiary/aromatic N) is 1. The van der Waals surface area contributed by atoms with Gasteiger partial charge in [-0.15, -0.1) is 0 Å². The van der Waals surface area contributed by atoms with Gasteiger partial charge < -0.3 is 24.7 Å². The number of methoxy groups -OCH3 is 1. The van der Waals surface area contributed by atoms with E-state index in [1.54, 1.807) is 48.2 Å². The quantitative estimate of drug-likeness (QED) is 0.172. The first-order valence-electron chi connectivity index (χ1n) is 11.3. The number of hydrogen-bond donors (Lipinski definition) is 2. The van der Waals surface area contributed by atoms with Gasteiger partial charge in [-0.05, 0) is 61.5 Å². The molecule has 1 aliphatic rings. The molecule has 12 heteroatoms. The molecule has 0 radical (unpaired) electrons. The summed E-state index contributed by atoms with van der Waals surface area (Å²) in [6.07, 6.45) is 1.47. The maximum atomic E-state index is 13.2. The predicted octanol–water partition coefficient (Wildman–Crippen LogP) is 5.37. The van der Waals surface area contributed by atoms with Crippen LogP contribution in [0.15, 0.2) is 76.0 Å². The van der Waals surface area contributed by atoms with Crippen LogP contribution in [-0.2, 0) is 30.5 Å². The van der Waals surface area contributed by atoms with Gasteiger partial charge in [-0.1, -0.05) is 34.8 Å². The van der Waals surface area contributed by atoms with E-state index >= 15 is 0 Å². The van der Waals surface area contributed by atoms with Gasteiger partial charge in [0.2, 0.25) is 5.78 Å². The Morgan fingerprint density at radius 1 is 0.949 bits per heavy atom. The molecule has 0 atom stereocenters. The van der Waals surface area contributed by atoms with Crippen LogP contribution in [0.3, 0.4) is 0 Å². The highest BCUT2D eigenvalue weighted by molar-refractivity contribution is 6.40. The fourth-order valence-electron chi connectivity index (χ4n) is 3.85. The lowest BCUT2D eigenvalue weighted by Gasteiger charge is -2.21. The minimum atomic E-state index is -0.922. The molecule has 2 N–H and O–H groups in total. The van der Waals surface area contributed by atoms with Crippen molar-refractivity contribution in [3.05, 3.63) is 98.2 Å². The second-order valence-corrected chi connectivity index (χ2v) is 9.53. The van der Waals surface area contributed by atoms with Crippen LogP contribution >= 0.6 is 34.8 Å². The number of nitrogens with one attached hydrogen (secondary N) is 2. The number of anilines is 2. The van der Waals surface area contributed by atoms with E-state index in [9.17, 15) is 19.2 Å². The van der Waals surface area contributed by atoms with E-state index in [0.29, 0.717) is 32.2 Å². The second-order valence-electron chi connectivity index (χ2n) is 8.22. The first kappa shape index (κ1) is 28.0. The highest BCUT2D eigenvalue weighted by Crippen LogP contribution is 2.36. The second kappa shape index (κ2) is 11.8. The number of allylic oxidation sites excluding steroid dienone is 2. The average Bonchev–Trinajstić information content (AvgIpc) is 3.43. The normalized spacial score (nSPS) is 14.1. The van der Waals surface area contributed by atoms with Crippen LogP contribution in [0.25, 0.3) is 6.08 Å². The molecule has 2 heterocycles. The summed E-state index contributed by atoms with van der Waals surface area (Å²) < 4.78 is 10.5. The molecular weight excluding hydrogens is 569 g/mol. The smallest absolute Gasteiger partial charge is 0.343 e. The van der Waals surface area contributed by atoms with E-state index in [0.717, 1.165) is 0 Å². The molecular formula is C27H20Cl3N3O6. The Bertz CT molecular complexity index is 1520. The van der Waals surface area contributed by atoms with Crippen molar-refractivity contribution in [2.24, 2.45) is 0 Å². The largest absolute Gasteiger partial charge is 0.465 e. The SMILES string of the molecule is COC(=O)C1=C(C)N(c2ccc(Cl)cc2)/C(=C/c2ccc(CNC(=O)C(=O)Nc3cc(Cl)cc(Cl)c3)o2)C1=O. The topological polar surface area (TPSA) is 118 Å². The molecule has 2 aromatic carbocycles. The molecule has 2 amide bonds. The predicted molar refractivity (Wildman–Crippen MR) is 147 cm³/mol. The first-order chi connectivity index (χ1) is 18.6. The van der Waals surface area contributed by atoms with Gasteiger partial charge in [0.05, 0.1) is 19.4 Å². The van der Waals surface area contributed by atoms with Crippen molar-refractivity contribution in [1.82, 2.24) is 5.32 Å². The van der Waals surface area contributed by atoms with Gasteiger partial charge in [0, 0.05) is 38.2 Å². The van der Waals surface area contributed by atoms with Crippen molar-refractivity contribution in [3.8, 4) is 0 Å². The molecule has 9 nitrogen and oxygen atoms in total. The van der Waals surface area contributed by atoms with Crippen molar-refractivity contribution in [1.29, 1.82) is 0 Å². The number of carbonyl (C=O) groups excluding carboxylic acids is 4. The van der Waals surface area contributed by atoms with E-state index in [-0.39, 0.29) is 29.3 Å². The Balaban J connectivity index is 1.50. The molecule has 0 bridgehead atoms. The summed E-state index contributed by atoms with van der Waals surface area (Å²) in [5.74, 6) is -2.55. The number of carbonyl (C=O) groups is 4. The fraction of sp³-hybridized carbons (Fsp3) is 0.111. The average molecular weight is 589 g/mol. The van der Waals surface area contributed by atoms with Crippen molar-refractivity contribution >= 4 is 75.8 Å². The molecule has 4 rings (SSSR count). The van der Waals surface area contributed by atoms with Crippen LogP contribution in [0, 0.1) is 0 Å². The van der Waals surface area contributed by atoms with Gasteiger partial charge >= 0.3 is 17.8 Å². The van der Waals surface area contributed by atoms with Crippen LogP contribution in [0.4, 0.5) is 11.4 Å². The zero-order valence-electron chi connectivity index (χ0n) is 20.5. The number of ketones is 1. The number of ether oxygens (including phenoxy) is 1. The summed E-state index contributed by atoms with van der Waals surface area (Å²) in [6, 6.07) is 14.3. The molecule has 1 aliphatic heterocycles. The molecule has 0 saturated heterocycles. The molecule has 39 heavy (non-hydrogen) atoms. The first-order valence-corrected chi connectivity index (χ1v) is 12.5. The Labute approximate surface area is 237 Å². The Kier molecular flexibility index (Phi) is 8.44. The monoisotopic (exact) mass is 587 g/mol. The molecule has 0 fully saturated rings. The Morgan fingerprint density at radius 3 is 2.26 bits per heavy atom. The Morgan fingerprint density at radius 2 is 1.62 bits per heavy atom. The zero-order chi connectivity index (χ0) is 28.3. The lowest BCUT2D eigenvalue weighted by atomic mass is 10.1. The van der Waals surface area contributed by atoms with Crippen LogP contribution in [0.1, 0.15) is 18.4 Å². The van der Waals surface area contributed by atoms with Crippen molar-refractivity contribution in [3.63, 3.8) is 0 Å². The van der Waals surface area contributed by atoms with Gasteiger partial charge in [0.25, 0.3) is 0 Å². The third-order valence-electron chi connectivity index (χ3n) is 5.58. The molecule has 1 aromatic heterocycles. The van der Waals surface area contributed by atoms with E-state index in [1.807, 2.05) is 0 Å². The van der Waals surface area contributed by atoms with E-state index in [2.05, 4.69) is 10.6 Å². The standard InChI is InChI=1S/C27H20Cl3N3O6/c1-14-23(27(37)38-2)24(34)22(33(14)19-5-3-15(28)4-6-19)12-20-7-8-21(39-20)13-31-25(35)26(36)32-18-10-16(29)9-17(30)11-18/h3-12H,13H2,1-2H3,(H,31,35)(H,32,36)/b22-12+. The third-order valence-corrected chi connectivity index (χ3v) is 6.27. The summed E-state index contributed by atoms with van der Waals surface area (Å²) in [5.41, 5.74) is 1.29. The van der Waals surface area contributed by atoms with Gasteiger partial charge in [0.1, 0.15) is 17.1 Å². The van der Waals surface area contributed by atoms with Crippen LogP contribution in [0.5, 0.6) is 0 Å². The number of esters is 1. The molecule has 3 aromatic rings. The molecule has 0 unspecified atom stereocenters. The minimum absolute atomic E-state index is 0.106. The summed E-state index contributed by atoms with van der Waals surface area (Å²) in [6.45, 7) is 1.52. The van der Waals surface area contributed by atoms with Crippen LogP contribution < -0.4 is 15.5 Å². The zero-order valence-corrected chi connectivity index (χ0v) is 22.8. The molecule has 0 aliphatic carbocycles. The van der Waals surface area contributed by atoms with E-state index < -0.39 is 23.6 Å². The van der Waals surface area contributed by atoms with Crippen LogP contribution in [0.2, 0.25) is 15.1 Å². The van der Waals surface area contributed by atoms with E-state index in [1.165, 1.54) is 31.4 Å². The third kappa shape index (κ3) is 6.34. The van der Waals surface area contributed by atoms with Gasteiger partial charge in [-0.25, -0.2) is 4.79 Å². The van der Waals surface area contributed by atoms with Gasteiger partial charge in [0.15, 0.2) is 0 Å². The lowest BCUT2D eigenvalue weighted by Crippen LogP contribution is -2.34. The van der Waals surface area contributed by atoms with E-state index in [4.69, 9.17) is 44.0 Å². The van der Waals surface area contributed by atoms with Crippen molar-refractivity contribution in [2.75, 3.05) is 17.3 Å². The number of halogens is 3. The summed E-state index contributed by atoms with van der Waals surface area (Å²) >= 11 is 17.8. The summed E-state index contributed by atoms with van der Waals surface area (Å²) in [4.78, 5) is 51.6. The summed E-state index contributed by atoms with van der Waals surface area (Å²) in [5, 5.41) is 5.97. The lowest BCUT2D eigenvalue weighted by molar-refractivity contribution is -0.137. The van der Waals surface area contributed by atoms with Crippen molar-refractivity contribution < 1.29 is 28.3 Å². The number of benzene rings is 2. The highest BCUT2D eigenvalue weighted by atomic mass is 35.5. The fourth-order valence-corrected chi connectivity index (χ4v) is 4.50. The number of rotatable bonds is 6. The number of amides is 2. The summed E-state index contributed by atoms with van der Waals surface area (Å²) in [7, 11) is 1.20. The molecule has 200 valence electrons. The Hall–Kier alpha value is -4.05. The maximum Gasteiger partial charge on any atom is 0.343 e. The number of Topliss-reactive ketones (excluding diaryl/α,β-unsaturated/α-hetero) is 1. The highest BCUT2D eigenvalue weighted by Gasteiger charge is 2.38. The van der Waals surface area contributed by atoms with Crippen LogP contribution in [-0.4, -0.2) is 30.7 Å². The number of furan rings is 1. The molecule has 0 saturated carbocycles. The van der Waals surface area contributed by atoms with Crippen molar-refractivity contribution in [2.45, 2.75) is 13.5 Å². The van der Waals surface area contributed by atoms with Gasteiger partial charge in [-0.2, -0.15) is 0 Å².